The second-order valence-corrected chi connectivity index (χ2v) is 6.15. The van der Waals surface area contributed by atoms with E-state index >= 15 is 0 Å². The summed E-state index contributed by atoms with van der Waals surface area (Å²) in [5.74, 6) is 5.79. The summed E-state index contributed by atoms with van der Waals surface area (Å²) in [4.78, 5) is 11.4. The lowest BCUT2D eigenvalue weighted by Gasteiger charge is -2.19. The molecule has 0 saturated heterocycles. The zero-order valence-corrected chi connectivity index (χ0v) is 13.7. The number of halogens is 2. The van der Waals surface area contributed by atoms with Gasteiger partial charge in [0.15, 0.2) is 0 Å². The largest absolute Gasteiger partial charge is 0.444 e. The van der Waals surface area contributed by atoms with Crippen LogP contribution in [0.5, 0.6) is 0 Å². The Kier molecular flexibility index (Phi) is 6.19. The van der Waals surface area contributed by atoms with Gasteiger partial charge in [0, 0.05) is 18.5 Å². The minimum Gasteiger partial charge on any atom is -0.444 e. The van der Waals surface area contributed by atoms with Crippen LogP contribution in [-0.4, -0.2) is 18.2 Å². The van der Waals surface area contributed by atoms with E-state index in [0.717, 1.165) is 0 Å². The monoisotopic (exact) mass is 328 g/mol. The highest BCUT2D eigenvalue weighted by molar-refractivity contribution is 6.35. The maximum Gasteiger partial charge on any atom is 0.407 e. The van der Waals surface area contributed by atoms with Crippen LogP contribution in [0.15, 0.2) is 12.1 Å². The third kappa shape index (κ3) is 6.61. The van der Waals surface area contributed by atoms with E-state index in [0.29, 0.717) is 34.3 Å². The van der Waals surface area contributed by atoms with E-state index in [1.165, 1.54) is 0 Å². The molecule has 114 valence electrons. The van der Waals surface area contributed by atoms with E-state index in [2.05, 4.69) is 17.2 Å². The highest BCUT2D eigenvalue weighted by Gasteiger charge is 2.15. The summed E-state index contributed by atoms with van der Waals surface area (Å²) >= 11 is 11.9. The van der Waals surface area contributed by atoms with Crippen molar-refractivity contribution < 1.29 is 9.53 Å². The third-order valence-corrected chi connectivity index (χ3v) is 2.87. The van der Waals surface area contributed by atoms with Gasteiger partial charge in [0.2, 0.25) is 0 Å². The Labute approximate surface area is 134 Å². The highest BCUT2D eigenvalue weighted by Crippen LogP contribution is 2.26. The molecule has 0 aliphatic carbocycles. The molecule has 4 nitrogen and oxygen atoms in total. The highest BCUT2D eigenvalue weighted by atomic mass is 35.5. The van der Waals surface area contributed by atoms with Crippen molar-refractivity contribution in [3.63, 3.8) is 0 Å². The summed E-state index contributed by atoms with van der Waals surface area (Å²) in [7, 11) is 0. The average Bonchev–Trinajstić information content (AvgIpc) is 2.32. The van der Waals surface area contributed by atoms with Crippen LogP contribution in [0.3, 0.4) is 0 Å². The Bertz CT molecular complexity index is 584. The van der Waals surface area contributed by atoms with E-state index in [1.807, 2.05) is 0 Å². The number of benzene rings is 1. The number of nitrogens with one attached hydrogen (secondary N) is 1. The van der Waals surface area contributed by atoms with E-state index in [1.54, 1.807) is 32.9 Å². The predicted molar refractivity (Wildman–Crippen MR) is 86.6 cm³/mol. The van der Waals surface area contributed by atoms with Crippen molar-refractivity contribution in [1.29, 1.82) is 0 Å². The minimum absolute atomic E-state index is 0.391. The van der Waals surface area contributed by atoms with Crippen molar-refractivity contribution in [2.45, 2.75) is 32.8 Å². The summed E-state index contributed by atoms with van der Waals surface area (Å²) in [6, 6.07) is 3.18. The molecular formula is C15H18Cl2N2O2. The molecule has 0 aliphatic heterocycles. The molecule has 21 heavy (non-hydrogen) atoms. The van der Waals surface area contributed by atoms with E-state index < -0.39 is 11.7 Å². The number of nitrogens with two attached hydrogens (primary N) is 1. The van der Waals surface area contributed by atoms with Gasteiger partial charge < -0.3 is 15.8 Å². The first kappa shape index (κ1) is 17.5. The standard InChI is InChI=1S/C15H18Cl2N2O2/c1-15(2,3)21-14(20)19-7-5-4-6-10-8-12(17)13(18)9-11(10)16/h8-9H,5,7,18H2,1-3H3,(H,19,20). The average molecular weight is 329 g/mol. The van der Waals surface area contributed by atoms with Crippen molar-refractivity contribution in [3.05, 3.63) is 27.7 Å². The number of ether oxygens (including phenoxy) is 1. The molecule has 1 aromatic carbocycles. The van der Waals surface area contributed by atoms with Crippen LogP contribution in [0.4, 0.5) is 10.5 Å². The van der Waals surface area contributed by atoms with Gasteiger partial charge in [0.05, 0.1) is 15.7 Å². The molecule has 1 amide bonds. The molecule has 0 aliphatic rings. The fourth-order valence-electron chi connectivity index (χ4n) is 1.36. The number of nitrogen functional groups attached to an aromatic ring is 1. The predicted octanol–water partition coefficient (Wildman–Crippen LogP) is 3.84. The molecule has 0 bridgehead atoms. The Morgan fingerprint density at radius 3 is 2.62 bits per heavy atom. The number of amides is 1. The number of hydrogen-bond acceptors (Lipinski definition) is 3. The van der Waals surface area contributed by atoms with Gasteiger partial charge in [-0.3, -0.25) is 0 Å². The van der Waals surface area contributed by atoms with Crippen molar-refractivity contribution >= 4 is 35.0 Å². The molecule has 1 rings (SSSR count). The fourth-order valence-corrected chi connectivity index (χ4v) is 1.74. The summed E-state index contributed by atoms with van der Waals surface area (Å²) in [6.07, 6.45) is 0.00950. The van der Waals surface area contributed by atoms with Crippen molar-refractivity contribution in [2.75, 3.05) is 12.3 Å². The number of carbonyl (C=O) groups is 1. The summed E-state index contributed by atoms with van der Waals surface area (Å²) in [5, 5.41) is 3.48. The quantitative estimate of drug-likeness (QED) is 0.492. The number of hydrogen-bond donors (Lipinski definition) is 2. The number of carbonyl (C=O) groups excluding carboxylic acids is 1. The zero-order valence-electron chi connectivity index (χ0n) is 12.2. The molecule has 0 aromatic heterocycles. The van der Waals surface area contributed by atoms with Crippen LogP contribution in [0.2, 0.25) is 10.0 Å². The maximum absolute atomic E-state index is 11.4. The maximum atomic E-state index is 11.4. The van der Waals surface area contributed by atoms with Crippen LogP contribution in [0.25, 0.3) is 0 Å². The van der Waals surface area contributed by atoms with Gasteiger partial charge in [0.25, 0.3) is 0 Å². The lowest BCUT2D eigenvalue weighted by Crippen LogP contribution is -2.32. The van der Waals surface area contributed by atoms with Gasteiger partial charge in [-0.2, -0.15) is 0 Å². The summed E-state index contributed by atoms with van der Waals surface area (Å²) in [6.45, 7) is 5.81. The molecule has 3 N–H and O–H groups in total. The normalized spacial score (nSPS) is 10.5. The Hall–Kier alpha value is -1.57. The summed E-state index contributed by atoms with van der Waals surface area (Å²) in [5.41, 5.74) is 6.13. The topological polar surface area (TPSA) is 64.3 Å². The van der Waals surface area contributed by atoms with E-state index in [-0.39, 0.29) is 0 Å². The Balaban J connectivity index is 2.48. The molecule has 1 aromatic rings. The second-order valence-electron chi connectivity index (χ2n) is 5.33. The van der Waals surface area contributed by atoms with Crippen LogP contribution >= 0.6 is 23.2 Å². The van der Waals surface area contributed by atoms with Gasteiger partial charge in [-0.15, -0.1) is 0 Å². The molecular weight excluding hydrogens is 311 g/mol. The van der Waals surface area contributed by atoms with Gasteiger partial charge in [-0.05, 0) is 32.9 Å². The molecule has 0 fully saturated rings. The zero-order chi connectivity index (χ0) is 16.0. The van der Waals surface area contributed by atoms with Crippen LogP contribution in [-0.2, 0) is 4.74 Å². The van der Waals surface area contributed by atoms with E-state index in [9.17, 15) is 4.79 Å². The molecule has 0 heterocycles. The second kappa shape index (κ2) is 7.44. The van der Waals surface area contributed by atoms with Crippen LogP contribution in [0.1, 0.15) is 32.8 Å². The Morgan fingerprint density at radius 2 is 2.00 bits per heavy atom. The molecule has 6 heteroatoms. The molecule has 0 radical (unpaired) electrons. The first-order valence-corrected chi connectivity index (χ1v) is 7.15. The first-order valence-electron chi connectivity index (χ1n) is 6.39. The van der Waals surface area contributed by atoms with E-state index in [4.69, 9.17) is 33.7 Å². The first-order chi connectivity index (χ1) is 9.69. The number of anilines is 1. The van der Waals surface area contributed by atoms with Crippen LogP contribution in [0, 0.1) is 11.8 Å². The molecule has 0 saturated carbocycles. The molecule has 0 unspecified atom stereocenters. The fraction of sp³-hybridized carbons (Fsp3) is 0.400. The van der Waals surface area contributed by atoms with Gasteiger partial charge in [0.1, 0.15) is 5.60 Å². The number of alkyl carbamates (subject to hydrolysis) is 1. The lowest BCUT2D eigenvalue weighted by atomic mass is 10.2. The Morgan fingerprint density at radius 1 is 1.33 bits per heavy atom. The van der Waals surface area contributed by atoms with Crippen molar-refractivity contribution in [2.24, 2.45) is 0 Å². The molecule has 0 spiro atoms. The minimum atomic E-state index is -0.510. The van der Waals surface area contributed by atoms with Gasteiger partial charge in [-0.1, -0.05) is 35.0 Å². The third-order valence-electron chi connectivity index (χ3n) is 2.23. The lowest BCUT2D eigenvalue weighted by molar-refractivity contribution is 0.0529. The van der Waals surface area contributed by atoms with Gasteiger partial charge in [-0.25, -0.2) is 4.79 Å². The van der Waals surface area contributed by atoms with Crippen LogP contribution < -0.4 is 11.1 Å². The summed E-state index contributed by atoms with van der Waals surface area (Å²) < 4.78 is 5.10. The van der Waals surface area contributed by atoms with Gasteiger partial charge >= 0.3 is 6.09 Å². The SMILES string of the molecule is CC(C)(C)OC(=O)NCCC#Cc1cc(Cl)c(N)cc1Cl. The van der Waals surface area contributed by atoms with Crippen molar-refractivity contribution in [1.82, 2.24) is 5.32 Å². The van der Waals surface area contributed by atoms with Crippen molar-refractivity contribution in [3.8, 4) is 11.8 Å². The molecule has 0 atom stereocenters. The number of rotatable bonds is 2. The smallest absolute Gasteiger partial charge is 0.407 e.